The number of hydrogen-bond donors (Lipinski definition) is 3. The van der Waals surface area contributed by atoms with Crippen LogP contribution >= 0.6 is 0 Å². The van der Waals surface area contributed by atoms with Crippen molar-refractivity contribution in [1.82, 2.24) is 9.80 Å². The van der Waals surface area contributed by atoms with Crippen molar-refractivity contribution in [1.29, 1.82) is 0 Å². The van der Waals surface area contributed by atoms with Crippen LogP contribution in [-0.4, -0.2) is 81.3 Å². The van der Waals surface area contributed by atoms with Crippen LogP contribution in [0.15, 0.2) is 89.8 Å². The Morgan fingerprint density at radius 3 is 2.43 bits per heavy atom. The Bertz CT molecular complexity index is 1830. The molecule has 0 fully saturated rings. The van der Waals surface area contributed by atoms with Crippen molar-refractivity contribution >= 4 is 44.1 Å². The van der Waals surface area contributed by atoms with E-state index in [4.69, 9.17) is 9.47 Å². The third-order valence-electron chi connectivity index (χ3n) is 8.14. The van der Waals surface area contributed by atoms with Gasteiger partial charge in [-0.1, -0.05) is 49.4 Å². The Morgan fingerprint density at radius 1 is 1.04 bits per heavy atom. The maximum absolute atomic E-state index is 13.8. The highest BCUT2D eigenvalue weighted by molar-refractivity contribution is 7.92. The van der Waals surface area contributed by atoms with Crippen LogP contribution in [0.2, 0.25) is 0 Å². The van der Waals surface area contributed by atoms with Gasteiger partial charge in [-0.25, -0.2) is 13.2 Å². The van der Waals surface area contributed by atoms with Crippen molar-refractivity contribution in [2.75, 3.05) is 43.9 Å². The van der Waals surface area contributed by atoms with Gasteiger partial charge in [0.1, 0.15) is 11.9 Å². The van der Waals surface area contributed by atoms with E-state index in [9.17, 15) is 23.1 Å². The number of aliphatic hydroxyl groups is 1. The van der Waals surface area contributed by atoms with E-state index in [1.54, 1.807) is 31.0 Å². The molecule has 0 saturated heterocycles. The topological polar surface area (TPSA) is 138 Å². The Morgan fingerprint density at radius 2 is 1.72 bits per heavy atom. The lowest BCUT2D eigenvalue weighted by Crippen LogP contribution is -2.50. The van der Waals surface area contributed by atoms with Gasteiger partial charge in [-0.05, 0) is 54.8 Å². The maximum atomic E-state index is 13.8. The van der Waals surface area contributed by atoms with E-state index in [-0.39, 0.29) is 53.5 Å². The highest BCUT2D eigenvalue weighted by atomic mass is 32.2. The highest BCUT2D eigenvalue weighted by Crippen LogP contribution is 2.36. The number of rotatable bonds is 9. The molecule has 0 saturated carbocycles. The predicted octanol–water partition coefficient (Wildman–Crippen LogP) is 5.03. The van der Waals surface area contributed by atoms with Crippen LogP contribution in [0, 0.1) is 5.92 Å². The maximum Gasteiger partial charge on any atom is 0.321 e. The van der Waals surface area contributed by atoms with E-state index < -0.39 is 28.1 Å². The number of hydrogen-bond acceptors (Lipinski definition) is 7. The minimum atomic E-state index is -4.09. The summed E-state index contributed by atoms with van der Waals surface area (Å²) in [4.78, 5) is 30.3. The average Bonchev–Trinajstić information content (AvgIpc) is 3.06. The Balaban J connectivity index is 1.46. The van der Waals surface area contributed by atoms with Gasteiger partial charge in [0.2, 0.25) is 0 Å². The van der Waals surface area contributed by atoms with Crippen molar-refractivity contribution in [2.24, 2.45) is 5.92 Å². The lowest BCUT2D eigenvalue weighted by Gasteiger charge is -2.38. The van der Waals surface area contributed by atoms with Gasteiger partial charge in [0.25, 0.3) is 15.9 Å². The van der Waals surface area contributed by atoms with Gasteiger partial charge in [-0.2, -0.15) is 0 Å². The molecule has 0 bridgehead atoms. The van der Waals surface area contributed by atoms with E-state index in [2.05, 4.69) is 10.0 Å². The number of methoxy groups -OCH3 is 1. The lowest BCUT2D eigenvalue weighted by atomic mass is 9.99. The number of urea groups is 1. The molecule has 0 unspecified atom stereocenters. The molecule has 3 N–H and O–H groups in total. The average molecular weight is 647 g/mol. The number of carbonyl (C=O) groups excluding carboxylic acids is 2. The predicted molar refractivity (Wildman–Crippen MR) is 177 cm³/mol. The Labute approximate surface area is 268 Å². The number of aliphatic hydroxyl groups excluding tert-OH is 1. The number of sulfonamides is 1. The summed E-state index contributed by atoms with van der Waals surface area (Å²) in [5.74, 6) is -0.181. The molecule has 242 valence electrons. The molecule has 46 heavy (non-hydrogen) atoms. The molecule has 4 aromatic carbocycles. The van der Waals surface area contributed by atoms with Crippen LogP contribution in [0.4, 0.5) is 16.2 Å². The van der Waals surface area contributed by atoms with Crippen LogP contribution in [0.5, 0.6) is 11.5 Å². The smallest absolute Gasteiger partial charge is 0.321 e. The number of anilines is 2. The fourth-order valence-electron chi connectivity index (χ4n) is 5.40. The zero-order valence-corrected chi connectivity index (χ0v) is 27.0. The van der Waals surface area contributed by atoms with Crippen LogP contribution < -0.4 is 19.5 Å². The first-order chi connectivity index (χ1) is 22.0. The molecule has 4 aromatic rings. The number of fused-ring (bicyclic) bond motifs is 2. The lowest BCUT2D eigenvalue weighted by molar-refractivity contribution is 0.0373. The van der Waals surface area contributed by atoms with Crippen molar-refractivity contribution in [3.63, 3.8) is 0 Å². The van der Waals surface area contributed by atoms with Crippen molar-refractivity contribution < 1.29 is 32.6 Å². The van der Waals surface area contributed by atoms with Gasteiger partial charge in [0, 0.05) is 24.9 Å². The third-order valence-corrected chi connectivity index (χ3v) is 9.52. The van der Waals surface area contributed by atoms with Gasteiger partial charge in [-0.15, -0.1) is 0 Å². The third kappa shape index (κ3) is 6.87. The summed E-state index contributed by atoms with van der Waals surface area (Å²) >= 11 is 0. The second kappa shape index (κ2) is 13.7. The molecule has 1 aliphatic rings. The number of benzene rings is 4. The SMILES string of the molecule is COc1ccc(S(=O)(=O)Nc2cccc3c2O[C@@H](CN(C)C(=O)Nc2cccc4ccccc24)[C@@H](C)CN([C@H](C)CO)C3=O)cc1. The largest absolute Gasteiger partial charge is 0.497 e. The molecule has 1 heterocycles. The molecule has 0 aromatic heterocycles. The minimum Gasteiger partial charge on any atom is -0.497 e. The van der Waals surface area contributed by atoms with Gasteiger partial charge >= 0.3 is 6.03 Å². The molecule has 3 amide bonds. The van der Waals surface area contributed by atoms with E-state index in [1.165, 1.54) is 42.3 Å². The fourth-order valence-corrected chi connectivity index (χ4v) is 6.46. The molecular weight excluding hydrogens is 608 g/mol. The molecule has 5 rings (SSSR count). The monoisotopic (exact) mass is 646 g/mol. The van der Waals surface area contributed by atoms with Gasteiger partial charge in [0.15, 0.2) is 5.75 Å². The van der Waals surface area contributed by atoms with Gasteiger partial charge in [0.05, 0.1) is 48.1 Å². The summed E-state index contributed by atoms with van der Waals surface area (Å²) in [5.41, 5.74) is 0.867. The quantitative estimate of drug-likeness (QED) is 0.232. The summed E-state index contributed by atoms with van der Waals surface area (Å²) < 4.78 is 41.1. The summed E-state index contributed by atoms with van der Waals surface area (Å²) in [6.45, 7) is 3.72. The first-order valence-electron chi connectivity index (χ1n) is 14.9. The standard InChI is InChI=1S/C34H38N4O7S/c1-22-19-38(23(2)21-39)33(40)28-12-8-14-30(36-46(42,43)26-17-15-25(44-4)16-18-26)32(28)45-31(22)20-37(3)34(41)35-29-13-7-10-24-9-5-6-11-27(24)29/h5-18,22-23,31,36,39H,19-21H2,1-4H3,(H,35,41)/t22-,23+,31-/m0/s1. The Kier molecular flexibility index (Phi) is 9.68. The number of carbonyl (C=O) groups is 2. The second-order valence-electron chi connectivity index (χ2n) is 11.4. The van der Waals surface area contributed by atoms with E-state index in [0.29, 0.717) is 11.4 Å². The second-order valence-corrected chi connectivity index (χ2v) is 13.1. The zero-order valence-electron chi connectivity index (χ0n) is 26.1. The van der Waals surface area contributed by atoms with E-state index in [0.717, 1.165) is 10.8 Å². The molecule has 11 nitrogen and oxygen atoms in total. The van der Waals surface area contributed by atoms with Crippen molar-refractivity contribution in [3.05, 3.63) is 90.5 Å². The van der Waals surface area contributed by atoms with Crippen molar-refractivity contribution in [3.8, 4) is 11.5 Å². The number of amides is 3. The number of likely N-dealkylation sites (N-methyl/N-ethyl adjacent to an activating group) is 1. The Hall–Kier alpha value is -4.81. The minimum absolute atomic E-state index is 0.00615. The zero-order chi connectivity index (χ0) is 33.0. The van der Waals surface area contributed by atoms with Crippen LogP contribution in [0.3, 0.4) is 0 Å². The van der Waals surface area contributed by atoms with E-state index in [1.807, 2.05) is 49.4 Å². The van der Waals surface area contributed by atoms with Crippen molar-refractivity contribution in [2.45, 2.75) is 30.9 Å². The molecule has 0 radical (unpaired) electrons. The summed E-state index contributed by atoms with van der Waals surface area (Å²) in [6.07, 6.45) is -0.657. The van der Waals surface area contributed by atoms with Crippen LogP contribution in [-0.2, 0) is 10.0 Å². The summed E-state index contributed by atoms with van der Waals surface area (Å²) in [7, 11) is -0.956. The molecule has 0 spiro atoms. The normalized spacial score (nSPS) is 17.2. The van der Waals surface area contributed by atoms with Gasteiger partial charge in [-0.3, -0.25) is 9.52 Å². The molecule has 1 aliphatic heterocycles. The first-order valence-corrected chi connectivity index (χ1v) is 16.4. The van der Waals surface area contributed by atoms with E-state index >= 15 is 0 Å². The summed E-state index contributed by atoms with van der Waals surface area (Å²) in [6, 6.07) is 23.1. The van der Waals surface area contributed by atoms with Crippen LogP contribution in [0.1, 0.15) is 24.2 Å². The summed E-state index contributed by atoms with van der Waals surface area (Å²) in [5, 5.41) is 14.9. The number of nitrogens with one attached hydrogen (secondary N) is 2. The van der Waals surface area contributed by atoms with Gasteiger partial charge < -0.3 is 29.7 Å². The number of para-hydroxylation sites is 1. The number of nitrogens with zero attached hydrogens (tertiary/aromatic N) is 2. The number of ether oxygens (including phenoxy) is 2. The fraction of sp³-hybridized carbons (Fsp3) is 0.294. The highest BCUT2D eigenvalue weighted by Gasteiger charge is 2.35. The molecule has 12 heteroatoms. The molecule has 0 aliphatic carbocycles. The van der Waals surface area contributed by atoms with Crippen LogP contribution in [0.25, 0.3) is 10.8 Å². The molecular formula is C34H38N4O7S. The first kappa shape index (κ1) is 32.6. The molecule has 3 atom stereocenters.